The molecule has 2 heterocycles. The molecule has 27 heavy (non-hydrogen) atoms. The normalized spacial score (nSPS) is 10.7. The van der Waals surface area contributed by atoms with Gasteiger partial charge in [-0.2, -0.15) is 0 Å². The first-order valence-electron chi connectivity index (χ1n) is 8.25. The van der Waals surface area contributed by atoms with Crippen LogP contribution in [0.25, 0.3) is 5.78 Å². The van der Waals surface area contributed by atoms with Crippen molar-refractivity contribution in [2.75, 3.05) is 21.3 Å². The quantitative estimate of drug-likeness (QED) is 0.704. The van der Waals surface area contributed by atoms with E-state index in [2.05, 4.69) is 20.5 Å². The van der Waals surface area contributed by atoms with Crippen LogP contribution in [0.3, 0.4) is 0 Å². The van der Waals surface area contributed by atoms with Gasteiger partial charge in [0.05, 0.1) is 27.9 Å². The molecule has 0 saturated carbocycles. The number of carbonyl (C=O) groups is 1. The van der Waals surface area contributed by atoms with Gasteiger partial charge in [-0.25, -0.2) is 4.98 Å². The number of nitrogens with zero attached hydrogens (tertiary/aromatic N) is 4. The fraction of sp³-hybridized carbons (Fsp3) is 0.333. The molecule has 2 aromatic heterocycles. The molecular formula is C18H21N5O4. The van der Waals surface area contributed by atoms with Crippen molar-refractivity contribution in [2.45, 2.75) is 20.4 Å². The van der Waals surface area contributed by atoms with Gasteiger partial charge in [-0.1, -0.05) is 0 Å². The van der Waals surface area contributed by atoms with Gasteiger partial charge in [0.2, 0.25) is 5.75 Å². The number of fused-ring (bicyclic) bond motifs is 1. The summed E-state index contributed by atoms with van der Waals surface area (Å²) in [6.45, 7) is 4.03. The van der Waals surface area contributed by atoms with Crippen molar-refractivity contribution < 1.29 is 19.0 Å². The number of amides is 1. The van der Waals surface area contributed by atoms with Gasteiger partial charge < -0.3 is 19.5 Å². The lowest BCUT2D eigenvalue weighted by molar-refractivity contribution is 0.0949. The SMILES string of the molecule is COc1cc(C(=O)NCc2nnc3nc(C)cc(C)n23)cc(OC)c1OC. The van der Waals surface area contributed by atoms with E-state index in [1.165, 1.54) is 21.3 Å². The molecule has 9 heteroatoms. The van der Waals surface area contributed by atoms with E-state index in [1.54, 1.807) is 12.1 Å². The number of ether oxygens (including phenoxy) is 3. The van der Waals surface area contributed by atoms with E-state index in [-0.39, 0.29) is 12.5 Å². The summed E-state index contributed by atoms with van der Waals surface area (Å²) in [5.41, 5.74) is 2.18. The monoisotopic (exact) mass is 371 g/mol. The number of hydrogen-bond donors (Lipinski definition) is 1. The average molecular weight is 371 g/mol. The second-order valence-electron chi connectivity index (χ2n) is 5.89. The number of carbonyl (C=O) groups excluding carboxylic acids is 1. The Bertz CT molecular complexity index is 974. The van der Waals surface area contributed by atoms with Gasteiger partial charge in [0.1, 0.15) is 0 Å². The van der Waals surface area contributed by atoms with E-state index in [1.807, 2.05) is 24.3 Å². The highest BCUT2D eigenvalue weighted by molar-refractivity contribution is 5.95. The first-order chi connectivity index (χ1) is 13.0. The minimum absolute atomic E-state index is 0.197. The van der Waals surface area contributed by atoms with E-state index in [4.69, 9.17) is 14.2 Å². The smallest absolute Gasteiger partial charge is 0.255 e. The Morgan fingerprint density at radius 1 is 1.04 bits per heavy atom. The predicted molar refractivity (Wildman–Crippen MR) is 97.5 cm³/mol. The molecule has 0 aliphatic heterocycles. The van der Waals surface area contributed by atoms with Gasteiger partial charge in [0, 0.05) is 17.0 Å². The standard InChI is InChI=1S/C18H21N5O4/c1-10-6-11(2)23-15(21-22-18(23)20-10)9-19-17(24)12-7-13(25-3)16(27-5)14(8-12)26-4/h6-8H,9H2,1-5H3,(H,19,24). The van der Waals surface area contributed by atoms with Gasteiger partial charge in [0.15, 0.2) is 17.3 Å². The number of rotatable bonds is 6. The Morgan fingerprint density at radius 2 is 1.70 bits per heavy atom. The van der Waals surface area contributed by atoms with Crippen LogP contribution >= 0.6 is 0 Å². The Kier molecular flexibility index (Phi) is 5.11. The topological polar surface area (TPSA) is 99.9 Å². The highest BCUT2D eigenvalue weighted by atomic mass is 16.5. The molecule has 0 aliphatic carbocycles. The first kappa shape index (κ1) is 18.4. The van der Waals surface area contributed by atoms with Gasteiger partial charge in [0.25, 0.3) is 11.7 Å². The van der Waals surface area contributed by atoms with Crippen LogP contribution < -0.4 is 19.5 Å². The molecule has 0 saturated heterocycles. The number of aromatic nitrogens is 4. The largest absolute Gasteiger partial charge is 0.493 e. The van der Waals surface area contributed by atoms with Crippen molar-refractivity contribution in [1.82, 2.24) is 24.9 Å². The summed E-state index contributed by atoms with van der Waals surface area (Å²) < 4.78 is 17.7. The molecule has 0 unspecified atom stereocenters. The van der Waals surface area contributed by atoms with E-state index in [0.29, 0.717) is 34.4 Å². The van der Waals surface area contributed by atoms with Gasteiger partial charge in [-0.3, -0.25) is 9.20 Å². The maximum absolute atomic E-state index is 12.6. The van der Waals surface area contributed by atoms with E-state index in [9.17, 15) is 4.79 Å². The predicted octanol–water partition coefficient (Wildman–Crippen LogP) is 1.70. The maximum Gasteiger partial charge on any atom is 0.255 e. The zero-order chi connectivity index (χ0) is 19.6. The van der Waals surface area contributed by atoms with Crippen LogP contribution in [0, 0.1) is 13.8 Å². The van der Waals surface area contributed by atoms with Crippen LogP contribution in [0.1, 0.15) is 27.6 Å². The third-order valence-corrected chi connectivity index (χ3v) is 4.09. The van der Waals surface area contributed by atoms with Gasteiger partial charge in [-0.05, 0) is 32.0 Å². The molecule has 0 bridgehead atoms. The summed E-state index contributed by atoms with van der Waals surface area (Å²) in [6, 6.07) is 5.12. The second kappa shape index (κ2) is 7.48. The molecular weight excluding hydrogens is 350 g/mol. The average Bonchev–Trinajstić information content (AvgIpc) is 3.07. The molecule has 3 aromatic rings. The summed E-state index contributed by atoms with van der Waals surface area (Å²) in [4.78, 5) is 17.0. The Hall–Kier alpha value is -3.36. The molecule has 0 atom stereocenters. The number of nitrogens with one attached hydrogen (secondary N) is 1. The molecule has 0 radical (unpaired) electrons. The molecule has 1 N–H and O–H groups in total. The van der Waals surface area contributed by atoms with E-state index >= 15 is 0 Å². The minimum atomic E-state index is -0.302. The lowest BCUT2D eigenvalue weighted by Crippen LogP contribution is -2.24. The number of benzene rings is 1. The molecule has 1 amide bonds. The van der Waals surface area contributed by atoms with Crippen molar-refractivity contribution >= 4 is 11.7 Å². The lowest BCUT2D eigenvalue weighted by Gasteiger charge is -2.14. The summed E-state index contributed by atoms with van der Waals surface area (Å²) >= 11 is 0. The third-order valence-electron chi connectivity index (χ3n) is 4.09. The third kappa shape index (κ3) is 3.48. The minimum Gasteiger partial charge on any atom is -0.493 e. The summed E-state index contributed by atoms with van der Waals surface area (Å²) in [5.74, 6) is 2.04. The summed E-state index contributed by atoms with van der Waals surface area (Å²) in [6.07, 6.45) is 0. The van der Waals surface area contributed by atoms with E-state index < -0.39 is 0 Å². The maximum atomic E-state index is 12.6. The summed E-state index contributed by atoms with van der Waals surface area (Å²) in [7, 11) is 4.51. The van der Waals surface area contributed by atoms with Crippen LogP contribution in [-0.2, 0) is 6.54 Å². The highest BCUT2D eigenvalue weighted by Crippen LogP contribution is 2.38. The zero-order valence-corrected chi connectivity index (χ0v) is 15.9. The molecule has 0 spiro atoms. The molecule has 0 fully saturated rings. The van der Waals surface area contributed by atoms with Crippen LogP contribution in [0.15, 0.2) is 18.2 Å². The number of aryl methyl sites for hydroxylation is 2. The second-order valence-corrected chi connectivity index (χ2v) is 5.89. The van der Waals surface area contributed by atoms with Crippen molar-refractivity contribution in [3.63, 3.8) is 0 Å². The zero-order valence-electron chi connectivity index (χ0n) is 15.9. The Morgan fingerprint density at radius 3 is 2.30 bits per heavy atom. The molecule has 0 aliphatic rings. The Labute approximate surface area is 156 Å². The van der Waals surface area contributed by atoms with Crippen molar-refractivity contribution in [1.29, 1.82) is 0 Å². The van der Waals surface area contributed by atoms with Crippen molar-refractivity contribution in [3.05, 3.63) is 41.0 Å². The van der Waals surface area contributed by atoms with Crippen molar-refractivity contribution in [3.8, 4) is 17.2 Å². The fourth-order valence-corrected chi connectivity index (χ4v) is 2.89. The fourth-order valence-electron chi connectivity index (χ4n) is 2.89. The molecule has 3 rings (SSSR count). The Balaban J connectivity index is 1.84. The number of hydrogen-bond acceptors (Lipinski definition) is 7. The van der Waals surface area contributed by atoms with Gasteiger partial charge in [-0.15, -0.1) is 10.2 Å². The molecule has 1 aromatic carbocycles. The van der Waals surface area contributed by atoms with Crippen molar-refractivity contribution in [2.24, 2.45) is 0 Å². The van der Waals surface area contributed by atoms with Crippen LogP contribution in [0.5, 0.6) is 17.2 Å². The summed E-state index contributed by atoms with van der Waals surface area (Å²) in [5, 5.41) is 11.0. The number of methoxy groups -OCH3 is 3. The molecule has 142 valence electrons. The first-order valence-corrected chi connectivity index (χ1v) is 8.25. The van der Waals surface area contributed by atoms with Crippen LogP contribution in [-0.4, -0.2) is 46.8 Å². The van der Waals surface area contributed by atoms with Gasteiger partial charge >= 0.3 is 0 Å². The van der Waals surface area contributed by atoms with Crippen LogP contribution in [0.4, 0.5) is 0 Å². The highest BCUT2D eigenvalue weighted by Gasteiger charge is 2.18. The molecule has 9 nitrogen and oxygen atoms in total. The van der Waals surface area contributed by atoms with Crippen LogP contribution in [0.2, 0.25) is 0 Å². The lowest BCUT2D eigenvalue weighted by atomic mass is 10.1. The van der Waals surface area contributed by atoms with E-state index in [0.717, 1.165) is 11.4 Å².